The summed E-state index contributed by atoms with van der Waals surface area (Å²) in [7, 11) is -4.04. The molecule has 1 rings (SSSR count). The molecule has 0 aliphatic heterocycles. The highest BCUT2D eigenvalue weighted by atomic mass is 79.9. The van der Waals surface area contributed by atoms with Gasteiger partial charge in [0.2, 0.25) is 0 Å². The van der Waals surface area contributed by atoms with Crippen LogP contribution in [0, 0.1) is 0 Å². The minimum absolute atomic E-state index is 0.514. The second-order valence-electron chi connectivity index (χ2n) is 2.24. The summed E-state index contributed by atoms with van der Waals surface area (Å²) >= 11 is 2.87. The zero-order valence-corrected chi connectivity index (χ0v) is 8.42. The molecule has 1 aromatic rings. The van der Waals surface area contributed by atoms with Gasteiger partial charge in [0.25, 0.3) is 10.1 Å². The Kier molecular flexibility index (Phi) is 2.87. The van der Waals surface area contributed by atoms with Gasteiger partial charge in [-0.25, -0.2) is 0 Å². The van der Waals surface area contributed by atoms with Gasteiger partial charge in [-0.2, -0.15) is 8.42 Å². The molecule has 0 spiro atoms. The molecule has 0 unspecified atom stereocenters. The molecule has 5 heteroatoms. The summed E-state index contributed by atoms with van der Waals surface area (Å²) < 4.78 is 28.9. The van der Waals surface area contributed by atoms with Crippen molar-refractivity contribution < 1.29 is 13.0 Å². The van der Waals surface area contributed by atoms with Crippen LogP contribution in [0.5, 0.6) is 0 Å². The molecule has 0 saturated heterocycles. The van der Waals surface area contributed by atoms with Gasteiger partial charge in [-0.3, -0.25) is 4.55 Å². The number of benzene rings is 1. The van der Waals surface area contributed by atoms with Gasteiger partial charge >= 0.3 is 0 Å². The molecular formula is C7H7BrO3S. The molecule has 0 aliphatic rings. The molecule has 0 bridgehead atoms. The second kappa shape index (κ2) is 3.55. The molecule has 0 fully saturated rings. The first-order valence-electron chi connectivity index (χ1n) is 3.17. The van der Waals surface area contributed by atoms with Crippen molar-refractivity contribution in [3.63, 3.8) is 0 Å². The van der Waals surface area contributed by atoms with Crippen LogP contribution >= 0.6 is 15.9 Å². The summed E-state index contributed by atoms with van der Waals surface area (Å²) in [4.78, 5) is 0. The van der Waals surface area contributed by atoms with Gasteiger partial charge in [-0.1, -0.05) is 46.3 Å². The Morgan fingerprint density at radius 2 is 1.75 bits per heavy atom. The quantitative estimate of drug-likeness (QED) is 0.645. The number of hydrogen-bond donors (Lipinski definition) is 1. The summed E-state index contributed by atoms with van der Waals surface area (Å²) in [5.74, 6) is 0. The first kappa shape index (κ1) is 9.70. The molecule has 3 nitrogen and oxygen atoms in total. The Balaban J connectivity index is 3.02. The smallest absolute Gasteiger partial charge is 0.282 e. The van der Waals surface area contributed by atoms with E-state index in [1.807, 2.05) is 0 Å². The Morgan fingerprint density at radius 1 is 1.25 bits per heavy atom. The van der Waals surface area contributed by atoms with Crippen molar-refractivity contribution in [3.8, 4) is 0 Å². The minimum Gasteiger partial charge on any atom is -0.284 e. The zero-order chi connectivity index (χ0) is 9.19. The van der Waals surface area contributed by atoms with Gasteiger partial charge in [-0.05, 0) is 5.56 Å². The molecule has 0 aliphatic carbocycles. The van der Waals surface area contributed by atoms with E-state index in [0.717, 1.165) is 0 Å². The topological polar surface area (TPSA) is 54.4 Å². The lowest BCUT2D eigenvalue weighted by Crippen LogP contribution is -2.04. The summed E-state index contributed by atoms with van der Waals surface area (Å²) in [5.41, 5.74) is 0.514. The molecule has 1 atom stereocenters. The van der Waals surface area contributed by atoms with Crippen molar-refractivity contribution in [2.45, 2.75) is 4.16 Å². The third-order valence-corrected chi connectivity index (χ3v) is 4.06. The van der Waals surface area contributed by atoms with E-state index in [-0.39, 0.29) is 0 Å². The largest absolute Gasteiger partial charge is 0.284 e. The molecule has 0 heterocycles. The van der Waals surface area contributed by atoms with E-state index in [4.69, 9.17) is 4.55 Å². The van der Waals surface area contributed by atoms with Crippen LogP contribution in [0.15, 0.2) is 30.3 Å². The summed E-state index contributed by atoms with van der Waals surface area (Å²) in [5, 5.41) is 0. The van der Waals surface area contributed by atoms with Crippen molar-refractivity contribution in [2.75, 3.05) is 0 Å². The molecule has 0 aromatic heterocycles. The average molecular weight is 251 g/mol. The SMILES string of the molecule is O=S(=O)(O)[C@H](Br)c1ccccc1. The van der Waals surface area contributed by atoms with Gasteiger partial charge in [0.15, 0.2) is 4.16 Å². The lowest BCUT2D eigenvalue weighted by atomic mass is 10.2. The summed E-state index contributed by atoms with van der Waals surface area (Å²) in [6.07, 6.45) is 0. The third kappa shape index (κ3) is 2.30. The Bertz CT molecular complexity index is 346. The number of alkyl halides is 1. The molecule has 1 N–H and O–H groups in total. The number of hydrogen-bond acceptors (Lipinski definition) is 2. The van der Waals surface area contributed by atoms with Crippen LogP contribution in [0.1, 0.15) is 9.72 Å². The summed E-state index contributed by atoms with van der Waals surface area (Å²) in [6, 6.07) is 8.41. The predicted molar refractivity (Wildman–Crippen MR) is 49.7 cm³/mol. The van der Waals surface area contributed by atoms with E-state index < -0.39 is 14.3 Å². The molecule has 66 valence electrons. The maximum atomic E-state index is 10.6. The number of halogens is 1. The number of rotatable bonds is 2. The molecule has 12 heavy (non-hydrogen) atoms. The van der Waals surface area contributed by atoms with Crippen LogP contribution < -0.4 is 0 Å². The molecular weight excluding hydrogens is 244 g/mol. The van der Waals surface area contributed by atoms with Crippen LogP contribution in [-0.2, 0) is 10.1 Å². The molecule has 1 aromatic carbocycles. The molecule has 0 radical (unpaired) electrons. The average Bonchev–Trinajstić information content (AvgIpc) is 2.03. The van der Waals surface area contributed by atoms with Crippen LogP contribution in [0.4, 0.5) is 0 Å². The monoisotopic (exact) mass is 250 g/mol. The maximum absolute atomic E-state index is 10.6. The highest BCUT2D eigenvalue weighted by Crippen LogP contribution is 2.27. The Hall–Kier alpha value is -0.390. The van der Waals surface area contributed by atoms with Crippen LogP contribution in [-0.4, -0.2) is 13.0 Å². The standard InChI is InChI=1S/C7H7BrO3S/c8-7(12(9,10)11)6-4-2-1-3-5-6/h1-5,7H,(H,9,10,11)/t7-/m0/s1. The first-order chi connectivity index (χ1) is 5.52. The van der Waals surface area contributed by atoms with E-state index in [0.29, 0.717) is 5.56 Å². The van der Waals surface area contributed by atoms with Gasteiger partial charge in [0.05, 0.1) is 0 Å². The van der Waals surface area contributed by atoms with Crippen LogP contribution in [0.2, 0.25) is 0 Å². The van der Waals surface area contributed by atoms with Crippen molar-refractivity contribution in [2.24, 2.45) is 0 Å². The first-order valence-corrected chi connectivity index (χ1v) is 5.59. The van der Waals surface area contributed by atoms with Crippen molar-refractivity contribution in [1.29, 1.82) is 0 Å². The van der Waals surface area contributed by atoms with Crippen LogP contribution in [0.25, 0.3) is 0 Å². The fourth-order valence-corrected chi connectivity index (χ4v) is 1.58. The van der Waals surface area contributed by atoms with E-state index in [1.54, 1.807) is 30.3 Å². The van der Waals surface area contributed by atoms with Gasteiger partial charge in [-0.15, -0.1) is 0 Å². The molecule has 0 amide bonds. The predicted octanol–water partition coefficient (Wildman–Crippen LogP) is 1.97. The van der Waals surface area contributed by atoms with Gasteiger partial charge in [0, 0.05) is 0 Å². The summed E-state index contributed by atoms with van der Waals surface area (Å²) in [6.45, 7) is 0. The van der Waals surface area contributed by atoms with Gasteiger partial charge < -0.3 is 0 Å². The fourth-order valence-electron chi connectivity index (χ4n) is 0.776. The highest BCUT2D eigenvalue weighted by molar-refractivity contribution is 9.10. The van der Waals surface area contributed by atoms with E-state index in [1.165, 1.54) is 0 Å². The van der Waals surface area contributed by atoms with Gasteiger partial charge in [0.1, 0.15) is 0 Å². The Labute approximate surface area is 79.3 Å². The van der Waals surface area contributed by atoms with Crippen molar-refractivity contribution >= 4 is 26.0 Å². The lowest BCUT2D eigenvalue weighted by molar-refractivity contribution is 0.481. The third-order valence-electron chi connectivity index (χ3n) is 1.32. The van der Waals surface area contributed by atoms with E-state index in [9.17, 15) is 8.42 Å². The zero-order valence-electron chi connectivity index (χ0n) is 6.01. The van der Waals surface area contributed by atoms with E-state index >= 15 is 0 Å². The maximum Gasteiger partial charge on any atom is 0.282 e. The van der Waals surface area contributed by atoms with Crippen molar-refractivity contribution in [1.82, 2.24) is 0 Å². The Morgan fingerprint density at radius 3 is 2.17 bits per heavy atom. The normalized spacial score (nSPS) is 14.2. The van der Waals surface area contributed by atoms with E-state index in [2.05, 4.69) is 15.9 Å². The molecule has 0 saturated carbocycles. The second-order valence-corrected chi connectivity index (χ2v) is 5.26. The lowest BCUT2D eigenvalue weighted by Gasteiger charge is -2.04. The highest BCUT2D eigenvalue weighted by Gasteiger charge is 2.20. The minimum atomic E-state index is -4.04. The van der Waals surface area contributed by atoms with Crippen LogP contribution in [0.3, 0.4) is 0 Å². The fraction of sp³-hybridized carbons (Fsp3) is 0.143. The van der Waals surface area contributed by atoms with Crippen molar-refractivity contribution in [3.05, 3.63) is 35.9 Å².